The number of fused-ring (bicyclic) bond motifs is 1. The van der Waals surface area contributed by atoms with Crippen LogP contribution in [0.2, 0.25) is 0 Å². The molecule has 1 heterocycles. The summed E-state index contributed by atoms with van der Waals surface area (Å²) in [5.74, 6) is -0.147. The SMILES string of the molecule is CCCNC(=O)NCCCSc1nc2ccccc2n1CC(=O)O. The lowest BCUT2D eigenvalue weighted by Crippen LogP contribution is -2.36. The first kappa shape index (κ1) is 18.1. The molecule has 0 fully saturated rings. The van der Waals surface area contributed by atoms with E-state index in [-0.39, 0.29) is 12.6 Å². The molecule has 0 atom stereocenters. The van der Waals surface area contributed by atoms with Gasteiger partial charge in [-0.2, -0.15) is 0 Å². The predicted octanol–water partition coefficient (Wildman–Crippen LogP) is 2.31. The minimum Gasteiger partial charge on any atom is -0.480 e. The lowest BCUT2D eigenvalue weighted by Gasteiger charge is -2.07. The number of carboxylic acid groups (broad SMARTS) is 1. The minimum atomic E-state index is -0.894. The fourth-order valence-electron chi connectivity index (χ4n) is 2.19. The number of imidazole rings is 1. The zero-order valence-electron chi connectivity index (χ0n) is 13.6. The van der Waals surface area contributed by atoms with E-state index in [0.717, 1.165) is 29.6 Å². The van der Waals surface area contributed by atoms with Gasteiger partial charge >= 0.3 is 12.0 Å². The van der Waals surface area contributed by atoms with Crippen molar-refractivity contribution in [2.75, 3.05) is 18.8 Å². The van der Waals surface area contributed by atoms with Gasteiger partial charge in [0.15, 0.2) is 5.16 Å². The predicted molar refractivity (Wildman–Crippen MR) is 94.4 cm³/mol. The molecule has 0 saturated carbocycles. The van der Waals surface area contributed by atoms with Gasteiger partial charge in [0.25, 0.3) is 0 Å². The number of hydrogen-bond acceptors (Lipinski definition) is 4. The largest absolute Gasteiger partial charge is 0.480 e. The molecule has 0 radical (unpaired) electrons. The third-order valence-corrected chi connectivity index (χ3v) is 4.35. The Balaban J connectivity index is 1.88. The van der Waals surface area contributed by atoms with Gasteiger partial charge in [-0.15, -0.1) is 0 Å². The Labute approximate surface area is 144 Å². The standard InChI is InChI=1S/C16H22N4O3S/c1-2-8-17-15(23)18-9-5-10-24-16-19-12-6-3-4-7-13(12)20(16)11-14(21)22/h3-4,6-7H,2,5,8-11H2,1H3,(H,21,22)(H2,17,18,23). The average molecular weight is 350 g/mol. The smallest absolute Gasteiger partial charge is 0.323 e. The summed E-state index contributed by atoms with van der Waals surface area (Å²) in [6.07, 6.45) is 1.68. The van der Waals surface area contributed by atoms with Gasteiger partial charge in [0.1, 0.15) is 6.54 Å². The van der Waals surface area contributed by atoms with Crippen LogP contribution in [-0.4, -0.2) is 45.5 Å². The summed E-state index contributed by atoms with van der Waals surface area (Å²) in [4.78, 5) is 27.0. The molecule has 0 saturated heterocycles. The number of carbonyl (C=O) groups is 2. The molecule has 2 aromatic rings. The molecule has 7 nitrogen and oxygen atoms in total. The van der Waals surface area contributed by atoms with E-state index in [9.17, 15) is 9.59 Å². The van der Waals surface area contributed by atoms with E-state index in [1.165, 1.54) is 11.8 Å². The Morgan fingerprint density at radius 1 is 1.25 bits per heavy atom. The van der Waals surface area contributed by atoms with Crippen LogP contribution in [-0.2, 0) is 11.3 Å². The first-order valence-electron chi connectivity index (χ1n) is 7.93. The molecule has 1 aromatic carbocycles. The number of rotatable bonds is 9. The molecule has 1 aromatic heterocycles. The highest BCUT2D eigenvalue weighted by molar-refractivity contribution is 7.99. The van der Waals surface area contributed by atoms with Gasteiger partial charge < -0.3 is 20.3 Å². The fraction of sp³-hybridized carbons (Fsp3) is 0.438. The van der Waals surface area contributed by atoms with E-state index in [4.69, 9.17) is 5.11 Å². The van der Waals surface area contributed by atoms with Crippen LogP contribution in [0.5, 0.6) is 0 Å². The van der Waals surface area contributed by atoms with E-state index in [1.54, 1.807) is 4.57 Å². The summed E-state index contributed by atoms with van der Waals surface area (Å²) in [7, 11) is 0. The van der Waals surface area contributed by atoms with Crippen LogP contribution in [0.3, 0.4) is 0 Å². The van der Waals surface area contributed by atoms with Gasteiger partial charge in [0.05, 0.1) is 11.0 Å². The van der Waals surface area contributed by atoms with Crippen LogP contribution < -0.4 is 10.6 Å². The zero-order chi connectivity index (χ0) is 17.4. The van der Waals surface area contributed by atoms with Crippen LogP contribution in [0.25, 0.3) is 11.0 Å². The van der Waals surface area contributed by atoms with Gasteiger partial charge in [0.2, 0.25) is 0 Å². The maximum atomic E-state index is 11.4. The molecule has 24 heavy (non-hydrogen) atoms. The van der Waals surface area contributed by atoms with Crippen LogP contribution in [0.15, 0.2) is 29.4 Å². The summed E-state index contributed by atoms with van der Waals surface area (Å²) >= 11 is 1.50. The number of para-hydroxylation sites is 2. The number of amides is 2. The van der Waals surface area contributed by atoms with Crippen molar-refractivity contribution in [1.29, 1.82) is 0 Å². The maximum Gasteiger partial charge on any atom is 0.323 e. The summed E-state index contributed by atoms with van der Waals surface area (Å²) < 4.78 is 1.71. The number of nitrogens with zero attached hydrogens (tertiary/aromatic N) is 2. The molecule has 0 aliphatic carbocycles. The summed E-state index contributed by atoms with van der Waals surface area (Å²) in [5, 5.41) is 15.3. The molecule has 2 rings (SSSR count). The van der Waals surface area contributed by atoms with Crippen LogP contribution >= 0.6 is 11.8 Å². The minimum absolute atomic E-state index is 0.111. The molecule has 0 aliphatic heterocycles. The van der Waals surface area contributed by atoms with Crippen molar-refractivity contribution in [2.45, 2.75) is 31.5 Å². The Morgan fingerprint density at radius 3 is 2.75 bits per heavy atom. The lowest BCUT2D eigenvalue weighted by atomic mass is 10.3. The molecule has 0 aliphatic rings. The quantitative estimate of drug-likeness (QED) is 0.476. The molecular weight excluding hydrogens is 328 g/mol. The Bertz CT molecular complexity index is 702. The molecule has 0 unspecified atom stereocenters. The van der Waals surface area contributed by atoms with Crippen LogP contribution in [0.4, 0.5) is 4.79 Å². The highest BCUT2D eigenvalue weighted by Crippen LogP contribution is 2.24. The second kappa shape index (κ2) is 9.17. The highest BCUT2D eigenvalue weighted by atomic mass is 32.2. The number of aromatic nitrogens is 2. The van der Waals surface area contributed by atoms with E-state index < -0.39 is 5.97 Å². The van der Waals surface area contributed by atoms with Gasteiger partial charge in [-0.3, -0.25) is 4.79 Å². The van der Waals surface area contributed by atoms with E-state index >= 15 is 0 Å². The number of hydrogen-bond donors (Lipinski definition) is 3. The van der Waals surface area contributed by atoms with Gasteiger partial charge in [-0.1, -0.05) is 30.8 Å². The Kier molecular flexibility index (Phi) is 6.92. The Morgan fingerprint density at radius 2 is 2.00 bits per heavy atom. The first-order chi connectivity index (χ1) is 11.6. The monoisotopic (exact) mass is 350 g/mol. The third kappa shape index (κ3) is 5.16. The van der Waals surface area contributed by atoms with Gasteiger partial charge in [-0.25, -0.2) is 9.78 Å². The summed E-state index contributed by atoms with van der Waals surface area (Å²) in [6.45, 7) is 3.13. The summed E-state index contributed by atoms with van der Waals surface area (Å²) in [6, 6.07) is 7.34. The van der Waals surface area contributed by atoms with Crippen molar-refractivity contribution in [3.63, 3.8) is 0 Å². The van der Waals surface area contributed by atoms with E-state index in [2.05, 4.69) is 15.6 Å². The number of carbonyl (C=O) groups excluding carboxylic acids is 1. The fourth-order valence-corrected chi connectivity index (χ4v) is 3.14. The number of benzene rings is 1. The maximum absolute atomic E-state index is 11.4. The number of urea groups is 1. The van der Waals surface area contributed by atoms with Crippen molar-refractivity contribution in [3.05, 3.63) is 24.3 Å². The van der Waals surface area contributed by atoms with Crippen molar-refractivity contribution >= 4 is 34.8 Å². The number of carboxylic acids is 1. The van der Waals surface area contributed by atoms with E-state index in [1.807, 2.05) is 31.2 Å². The van der Waals surface area contributed by atoms with Crippen molar-refractivity contribution in [2.24, 2.45) is 0 Å². The van der Waals surface area contributed by atoms with E-state index in [0.29, 0.717) is 18.2 Å². The van der Waals surface area contributed by atoms with Crippen molar-refractivity contribution < 1.29 is 14.7 Å². The van der Waals surface area contributed by atoms with Crippen molar-refractivity contribution in [3.8, 4) is 0 Å². The Hall–Kier alpha value is -2.22. The average Bonchev–Trinajstić information content (AvgIpc) is 2.90. The topological polar surface area (TPSA) is 96.3 Å². The van der Waals surface area contributed by atoms with Crippen LogP contribution in [0.1, 0.15) is 19.8 Å². The molecule has 130 valence electrons. The highest BCUT2D eigenvalue weighted by Gasteiger charge is 2.13. The van der Waals surface area contributed by atoms with Crippen LogP contribution in [0, 0.1) is 0 Å². The normalized spacial score (nSPS) is 10.7. The number of thioether (sulfide) groups is 1. The summed E-state index contributed by atoms with van der Waals surface area (Å²) in [5.41, 5.74) is 1.61. The molecule has 8 heteroatoms. The zero-order valence-corrected chi connectivity index (χ0v) is 14.4. The molecule has 0 spiro atoms. The molecule has 3 N–H and O–H groups in total. The molecule has 2 amide bonds. The number of aliphatic carboxylic acids is 1. The van der Waals surface area contributed by atoms with Gasteiger partial charge in [-0.05, 0) is 25.0 Å². The van der Waals surface area contributed by atoms with Crippen molar-refractivity contribution in [1.82, 2.24) is 20.2 Å². The van der Waals surface area contributed by atoms with Gasteiger partial charge in [0, 0.05) is 18.8 Å². The second-order valence-corrected chi connectivity index (χ2v) is 6.31. The second-order valence-electron chi connectivity index (χ2n) is 5.25. The first-order valence-corrected chi connectivity index (χ1v) is 8.92. The molecular formula is C16H22N4O3S. The third-order valence-electron chi connectivity index (χ3n) is 3.29. The lowest BCUT2D eigenvalue weighted by molar-refractivity contribution is -0.137. The number of nitrogens with one attached hydrogen (secondary N) is 2. The molecule has 0 bridgehead atoms.